The van der Waals surface area contributed by atoms with Gasteiger partial charge in [-0.05, 0) is 74.4 Å². The molecule has 8 nitrogen and oxygen atoms in total. The summed E-state index contributed by atoms with van der Waals surface area (Å²) in [5.74, 6) is -1.56. The number of hydrogen-bond donors (Lipinski definition) is 1. The summed E-state index contributed by atoms with van der Waals surface area (Å²) in [4.78, 5) is 44.8. The number of carboxylic acid groups (broad SMARTS) is 1. The van der Waals surface area contributed by atoms with Gasteiger partial charge in [0.05, 0.1) is 34.0 Å². The average molecular weight is 638 g/mol. The van der Waals surface area contributed by atoms with Crippen molar-refractivity contribution >= 4 is 46.6 Å². The Morgan fingerprint density at radius 1 is 1.02 bits per heavy atom. The number of ether oxygens (including phenoxy) is 1. The fraction of sp³-hybridized carbons (Fsp3) is 0.143. The zero-order chi connectivity index (χ0) is 31.8. The van der Waals surface area contributed by atoms with Crippen molar-refractivity contribution in [3.8, 4) is 5.69 Å². The van der Waals surface area contributed by atoms with E-state index in [0.29, 0.717) is 31.3 Å². The van der Waals surface area contributed by atoms with Gasteiger partial charge in [-0.1, -0.05) is 71.5 Å². The summed E-state index contributed by atoms with van der Waals surface area (Å²) in [5.41, 5.74) is 5.23. The summed E-state index contributed by atoms with van der Waals surface area (Å²) in [5, 5.41) is 10.0. The largest absolute Gasteiger partial charge is 0.478 e. The van der Waals surface area contributed by atoms with Gasteiger partial charge in [0, 0.05) is 27.7 Å². The number of aromatic nitrogens is 2. The van der Waals surface area contributed by atoms with Crippen LogP contribution in [0.3, 0.4) is 0 Å². The summed E-state index contributed by atoms with van der Waals surface area (Å²) in [6.45, 7) is 5.75. The molecule has 0 unspecified atom stereocenters. The lowest BCUT2D eigenvalue weighted by atomic mass is 9.93. The minimum atomic E-state index is -1.01. The summed E-state index contributed by atoms with van der Waals surface area (Å²) in [7, 11) is 0. The quantitative estimate of drug-likeness (QED) is 0.231. The van der Waals surface area contributed by atoms with Gasteiger partial charge in [-0.15, -0.1) is 0 Å². The van der Waals surface area contributed by atoms with Crippen molar-refractivity contribution in [2.45, 2.75) is 26.8 Å². The van der Waals surface area contributed by atoms with Gasteiger partial charge in [-0.2, -0.15) is 0 Å². The second-order valence-corrected chi connectivity index (χ2v) is 11.9. The van der Waals surface area contributed by atoms with Crippen molar-refractivity contribution in [2.24, 2.45) is 4.99 Å². The third-order valence-corrected chi connectivity index (χ3v) is 8.90. The molecule has 1 atom stereocenters. The van der Waals surface area contributed by atoms with Crippen molar-refractivity contribution in [2.75, 3.05) is 6.61 Å². The van der Waals surface area contributed by atoms with Gasteiger partial charge >= 0.3 is 11.9 Å². The molecular formula is C35H28ClN3O5S. The van der Waals surface area contributed by atoms with E-state index < -0.39 is 18.0 Å². The number of aryl methyl sites for hydroxylation is 1. The van der Waals surface area contributed by atoms with E-state index in [0.717, 1.165) is 22.5 Å². The number of benzene rings is 3. The zero-order valence-corrected chi connectivity index (χ0v) is 26.2. The predicted molar refractivity (Wildman–Crippen MR) is 175 cm³/mol. The number of esters is 1. The number of hydrogen-bond acceptors (Lipinski definition) is 6. The molecule has 0 bridgehead atoms. The molecule has 1 aliphatic rings. The van der Waals surface area contributed by atoms with E-state index in [1.165, 1.54) is 11.3 Å². The molecule has 226 valence electrons. The first-order chi connectivity index (χ1) is 21.7. The maximum Gasteiger partial charge on any atom is 0.338 e. The highest BCUT2D eigenvalue weighted by molar-refractivity contribution is 7.07. The van der Waals surface area contributed by atoms with Gasteiger partial charge in [0.2, 0.25) is 0 Å². The fourth-order valence-electron chi connectivity index (χ4n) is 5.65. The Labute approximate surface area is 267 Å². The molecule has 2 aromatic heterocycles. The molecule has 0 amide bonds. The van der Waals surface area contributed by atoms with Crippen LogP contribution in [-0.4, -0.2) is 32.8 Å². The number of carbonyl (C=O) groups is 2. The van der Waals surface area contributed by atoms with Crippen molar-refractivity contribution < 1.29 is 19.4 Å². The minimum absolute atomic E-state index is 0.160. The molecular weight excluding hydrogens is 610 g/mol. The maximum atomic E-state index is 14.2. The van der Waals surface area contributed by atoms with Crippen LogP contribution >= 0.6 is 22.9 Å². The lowest BCUT2D eigenvalue weighted by Crippen LogP contribution is -2.40. The van der Waals surface area contributed by atoms with E-state index in [2.05, 4.69) is 0 Å². The molecule has 1 N–H and O–H groups in total. The molecule has 10 heteroatoms. The summed E-state index contributed by atoms with van der Waals surface area (Å²) < 4.78 is 9.46. The first-order valence-corrected chi connectivity index (χ1v) is 15.4. The second kappa shape index (κ2) is 12.2. The van der Waals surface area contributed by atoms with Crippen molar-refractivity contribution in [1.82, 2.24) is 9.13 Å². The van der Waals surface area contributed by atoms with E-state index in [4.69, 9.17) is 21.3 Å². The Morgan fingerprint density at radius 3 is 2.44 bits per heavy atom. The van der Waals surface area contributed by atoms with E-state index in [9.17, 15) is 19.5 Å². The van der Waals surface area contributed by atoms with Crippen molar-refractivity contribution in [1.29, 1.82) is 0 Å². The van der Waals surface area contributed by atoms with E-state index in [1.807, 2.05) is 67.0 Å². The van der Waals surface area contributed by atoms with Crippen LogP contribution in [-0.2, 0) is 9.53 Å². The van der Waals surface area contributed by atoms with Gasteiger partial charge in [0.15, 0.2) is 4.80 Å². The summed E-state index contributed by atoms with van der Waals surface area (Å²) in [6.07, 6.45) is 1.82. The SMILES string of the molecule is CCOC(=O)C1=C(c2ccccc2)N=c2s/c(=C\c3cc(C)n(-c4cccc(C(=O)O)c4)c3C)c(=O)n2[C@@H]1c1ccc(Cl)cc1. The standard InChI is InChI=1S/C35H28ClN3O5S/c1-4-44-34(43)29-30(22-9-6-5-7-10-22)37-35-39(31(29)23-13-15-26(36)16-14-23)32(40)28(45-35)19-25-17-20(2)38(21(25)3)27-12-8-11-24(18-27)33(41)42/h5-19,31H,4H2,1-3H3,(H,41,42)/b28-19-/t31-/m1/s1. The number of aromatic carboxylic acids is 1. The van der Waals surface area contributed by atoms with Crippen LogP contribution < -0.4 is 14.9 Å². The molecule has 0 fully saturated rings. The smallest absolute Gasteiger partial charge is 0.338 e. The Kier molecular flexibility index (Phi) is 8.14. The number of halogens is 1. The molecule has 1 aliphatic heterocycles. The summed E-state index contributed by atoms with van der Waals surface area (Å²) >= 11 is 7.46. The fourth-order valence-corrected chi connectivity index (χ4v) is 6.77. The Bertz CT molecular complexity index is 2180. The number of fused-ring (bicyclic) bond motifs is 1. The van der Waals surface area contributed by atoms with Gasteiger partial charge in [0.1, 0.15) is 0 Å². The Hall–Kier alpha value is -4.99. The van der Waals surface area contributed by atoms with Crippen LogP contribution in [0.1, 0.15) is 51.4 Å². The van der Waals surface area contributed by atoms with Crippen LogP contribution in [0.25, 0.3) is 17.5 Å². The number of nitrogens with zero attached hydrogens (tertiary/aromatic N) is 3. The number of carbonyl (C=O) groups excluding carboxylic acids is 1. The Balaban J connectivity index is 1.58. The van der Waals surface area contributed by atoms with Crippen molar-refractivity contribution in [3.63, 3.8) is 0 Å². The normalized spacial score (nSPS) is 14.7. The Morgan fingerprint density at radius 2 is 1.76 bits per heavy atom. The first-order valence-electron chi connectivity index (χ1n) is 14.2. The van der Waals surface area contributed by atoms with Gasteiger partial charge < -0.3 is 14.4 Å². The van der Waals surface area contributed by atoms with Crippen LogP contribution in [0.2, 0.25) is 5.02 Å². The molecule has 5 aromatic rings. The molecule has 0 spiro atoms. The molecule has 3 aromatic carbocycles. The van der Waals surface area contributed by atoms with Crippen LogP contribution in [0, 0.1) is 13.8 Å². The molecule has 45 heavy (non-hydrogen) atoms. The predicted octanol–water partition coefficient (Wildman–Crippen LogP) is 5.69. The van der Waals surface area contributed by atoms with Gasteiger partial charge in [0.25, 0.3) is 5.56 Å². The third kappa shape index (κ3) is 5.56. The van der Waals surface area contributed by atoms with Crippen LogP contribution in [0.5, 0.6) is 0 Å². The maximum absolute atomic E-state index is 14.2. The molecule has 3 heterocycles. The lowest BCUT2D eigenvalue weighted by molar-refractivity contribution is -0.138. The van der Waals surface area contributed by atoms with Crippen molar-refractivity contribution in [3.05, 3.63) is 149 Å². The van der Waals surface area contributed by atoms with E-state index in [1.54, 1.807) is 54.0 Å². The molecule has 6 rings (SSSR count). The van der Waals surface area contributed by atoms with E-state index in [-0.39, 0.29) is 23.3 Å². The highest BCUT2D eigenvalue weighted by Crippen LogP contribution is 2.35. The highest BCUT2D eigenvalue weighted by Gasteiger charge is 2.35. The van der Waals surface area contributed by atoms with Gasteiger partial charge in [-0.3, -0.25) is 9.36 Å². The first kappa shape index (κ1) is 30.1. The highest BCUT2D eigenvalue weighted by atomic mass is 35.5. The van der Waals surface area contributed by atoms with Crippen LogP contribution in [0.4, 0.5) is 0 Å². The van der Waals surface area contributed by atoms with Crippen LogP contribution in [0.15, 0.2) is 100 Å². The molecule has 0 radical (unpaired) electrons. The van der Waals surface area contributed by atoms with E-state index >= 15 is 0 Å². The third-order valence-electron chi connectivity index (χ3n) is 7.67. The lowest BCUT2D eigenvalue weighted by Gasteiger charge is -2.25. The summed E-state index contributed by atoms with van der Waals surface area (Å²) in [6, 6.07) is 24.3. The molecule has 0 saturated carbocycles. The number of rotatable bonds is 7. The second-order valence-electron chi connectivity index (χ2n) is 10.5. The number of carboxylic acids is 1. The molecule has 0 aliphatic carbocycles. The monoisotopic (exact) mass is 637 g/mol. The topological polar surface area (TPSA) is 103 Å². The molecule has 0 saturated heterocycles. The average Bonchev–Trinajstić information content (AvgIpc) is 3.50. The van der Waals surface area contributed by atoms with Gasteiger partial charge in [-0.25, -0.2) is 14.6 Å². The zero-order valence-electron chi connectivity index (χ0n) is 24.7. The number of thiazole rings is 1. The minimum Gasteiger partial charge on any atom is -0.478 e.